The van der Waals surface area contributed by atoms with Crippen molar-refractivity contribution in [2.24, 2.45) is 0 Å². The number of pyridine rings is 2. The molecule has 2 heterocycles. The molecule has 2 rings (SSSR count). The molecule has 0 aliphatic rings. The van der Waals surface area contributed by atoms with Gasteiger partial charge in [0.25, 0.3) is 0 Å². The standard InChI is InChI=1S/C11H9BrN2O/c1-15-9-5-3-7-13-11(9)8-4-2-6-10(12)14-8/h2-7H,1H3. The molecule has 0 spiro atoms. The molecule has 0 aliphatic carbocycles. The van der Waals surface area contributed by atoms with Crippen molar-refractivity contribution >= 4 is 15.9 Å². The van der Waals surface area contributed by atoms with E-state index < -0.39 is 0 Å². The monoisotopic (exact) mass is 264 g/mol. The summed E-state index contributed by atoms with van der Waals surface area (Å²) in [5, 5.41) is 0. The summed E-state index contributed by atoms with van der Waals surface area (Å²) in [5.74, 6) is 0.725. The van der Waals surface area contributed by atoms with Gasteiger partial charge in [-0.15, -0.1) is 0 Å². The van der Waals surface area contributed by atoms with Crippen molar-refractivity contribution in [3.63, 3.8) is 0 Å². The van der Waals surface area contributed by atoms with Crippen LogP contribution in [0.1, 0.15) is 0 Å². The Balaban J connectivity index is 2.53. The Morgan fingerprint density at radius 1 is 1.20 bits per heavy atom. The zero-order valence-electron chi connectivity index (χ0n) is 8.14. The minimum Gasteiger partial charge on any atom is -0.494 e. The lowest BCUT2D eigenvalue weighted by atomic mass is 10.2. The highest BCUT2D eigenvalue weighted by Crippen LogP contribution is 2.26. The Bertz CT molecular complexity index is 474. The summed E-state index contributed by atoms with van der Waals surface area (Å²) >= 11 is 3.33. The van der Waals surface area contributed by atoms with E-state index >= 15 is 0 Å². The van der Waals surface area contributed by atoms with Crippen LogP contribution in [0.25, 0.3) is 11.4 Å². The number of hydrogen-bond acceptors (Lipinski definition) is 3. The first-order valence-electron chi connectivity index (χ1n) is 4.43. The molecule has 76 valence electrons. The van der Waals surface area contributed by atoms with Crippen molar-refractivity contribution in [1.82, 2.24) is 9.97 Å². The molecule has 0 bridgehead atoms. The van der Waals surface area contributed by atoms with E-state index in [4.69, 9.17) is 4.74 Å². The number of methoxy groups -OCH3 is 1. The molecule has 0 radical (unpaired) electrons. The van der Waals surface area contributed by atoms with Crippen LogP contribution in [-0.4, -0.2) is 17.1 Å². The smallest absolute Gasteiger partial charge is 0.146 e. The zero-order valence-corrected chi connectivity index (χ0v) is 9.73. The number of aromatic nitrogens is 2. The van der Waals surface area contributed by atoms with Crippen LogP contribution in [0.4, 0.5) is 0 Å². The van der Waals surface area contributed by atoms with Crippen molar-refractivity contribution in [3.05, 3.63) is 41.1 Å². The van der Waals surface area contributed by atoms with E-state index in [1.807, 2.05) is 30.3 Å². The van der Waals surface area contributed by atoms with Crippen LogP contribution >= 0.6 is 15.9 Å². The van der Waals surface area contributed by atoms with E-state index in [1.54, 1.807) is 13.3 Å². The molecule has 0 N–H and O–H groups in total. The molecule has 0 atom stereocenters. The molecule has 4 heteroatoms. The number of halogens is 1. The predicted octanol–water partition coefficient (Wildman–Crippen LogP) is 2.91. The third-order valence-corrected chi connectivity index (χ3v) is 2.39. The molecule has 0 fully saturated rings. The second-order valence-corrected chi connectivity index (χ2v) is 3.71. The quantitative estimate of drug-likeness (QED) is 0.783. The molecule has 0 saturated carbocycles. The van der Waals surface area contributed by atoms with E-state index in [2.05, 4.69) is 25.9 Å². The highest BCUT2D eigenvalue weighted by Gasteiger charge is 2.07. The van der Waals surface area contributed by atoms with E-state index in [0.717, 1.165) is 21.7 Å². The maximum Gasteiger partial charge on any atom is 0.146 e. The average Bonchev–Trinajstić information content (AvgIpc) is 2.29. The number of rotatable bonds is 2. The summed E-state index contributed by atoms with van der Waals surface area (Å²) < 4.78 is 6.01. The lowest BCUT2D eigenvalue weighted by Gasteiger charge is -2.05. The predicted molar refractivity (Wildman–Crippen MR) is 61.7 cm³/mol. The van der Waals surface area contributed by atoms with Crippen molar-refractivity contribution in [3.8, 4) is 17.1 Å². The minimum absolute atomic E-state index is 0.725. The Hall–Kier alpha value is -1.42. The Labute approximate surface area is 96.3 Å². The van der Waals surface area contributed by atoms with Crippen LogP contribution in [0.3, 0.4) is 0 Å². The summed E-state index contributed by atoms with van der Waals surface area (Å²) in [6, 6.07) is 9.39. The molecule has 0 aromatic carbocycles. The van der Waals surface area contributed by atoms with Gasteiger partial charge < -0.3 is 4.74 Å². The fourth-order valence-corrected chi connectivity index (χ4v) is 1.63. The zero-order chi connectivity index (χ0) is 10.7. The number of nitrogens with zero attached hydrogens (tertiary/aromatic N) is 2. The van der Waals surface area contributed by atoms with Gasteiger partial charge >= 0.3 is 0 Å². The highest BCUT2D eigenvalue weighted by atomic mass is 79.9. The SMILES string of the molecule is COc1cccnc1-c1cccc(Br)n1. The van der Waals surface area contributed by atoms with Crippen LogP contribution in [0, 0.1) is 0 Å². The third-order valence-electron chi connectivity index (χ3n) is 1.95. The van der Waals surface area contributed by atoms with Crippen LogP contribution < -0.4 is 4.74 Å². The fraction of sp³-hybridized carbons (Fsp3) is 0.0909. The molecule has 0 saturated heterocycles. The summed E-state index contributed by atoms with van der Waals surface area (Å²) in [4.78, 5) is 8.58. The van der Waals surface area contributed by atoms with Gasteiger partial charge in [-0.1, -0.05) is 6.07 Å². The van der Waals surface area contributed by atoms with E-state index in [0.29, 0.717) is 0 Å². The third kappa shape index (κ3) is 2.15. The Morgan fingerprint density at radius 3 is 2.80 bits per heavy atom. The van der Waals surface area contributed by atoms with Crippen LogP contribution in [0.2, 0.25) is 0 Å². The Kier molecular flexibility index (Phi) is 2.97. The van der Waals surface area contributed by atoms with Gasteiger partial charge in [0.15, 0.2) is 0 Å². The maximum atomic E-state index is 5.22. The van der Waals surface area contributed by atoms with Gasteiger partial charge in [-0.05, 0) is 40.2 Å². The van der Waals surface area contributed by atoms with E-state index in [1.165, 1.54) is 0 Å². The van der Waals surface area contributed by atoms with Crippen molar-refractivity contribution in [1.29, 1.82) is 0 Å². The molecule has 0 unspecified atom stereocenters. The van der Waals surface area contributed by atoms with E-state index in [-0.39, 0.29) is 0 Å². The second-order valence-electron chi connectivity index (χ2n) is 2.90. The van der Waals surface area contributed by atoms with Crippen LogP contribution in [0.15, 0.2) is 41.1 Å². The summed E-state index contributed by atoms with van der Waals surface area (Å²) in [6.07, 6.45) is 1.72. The molecule has 0 aliphatic heterocycles. The van der Waals surface area contributed by atoms with Gasteiger partial charge in [0.1, 0.15) is 16.0 Å². The second kappa shape index (κ2) is 4.40. The summed E-state index contributed by atoms with van der Waals surface area (Å²) in [6.45, 7) is 0. The van der Waals surface area contributed by atoms with Crippen molar-refractivity contribution in [2.75, 3.05) is 7.11 Å². The summed E-state index contributed by atoms with van der Waals surface area (Å²) in [5.41, 5.74) is 1.54. The molecule has 0 amide bonds. The molecule has 15 heavy (non-hydrogen) atoms. The van der Waals surface area contributed by atoms with Gasteiger partial charge in [-0.2, -0.15) is 0 Å². The first-order valence-corrected chi connectivity index (χ1v) is 5.22. The van der Waals surface area contributed by atoms with Gasteiger partial charge in [0.05, 0.1) is 12.8 Å². The maximum absolute atomic E-state index is 5.22. The first-order chi connectivity index (χ1) is 7.31. The fourth-order valence-electron chi connectivity index (χ4n) is 1.29. The molecule has 2 aromatic rings. The topological polar surface area (TPSA) is 35.0 Å². The van der Waals surface area contributed by atoms with E-state index in [9.17, 15) is 0 Å². The lowest BCUT2D eigenvalue weighted by molar-refractivity contribution is 0.414. The number of hydrogen-bond donors (Lipinski definition) is 0. The van der Waals surface area contributed by atoms with Gasteiger partial charge in [-0.3, -0.25) is 4.98 Å². The van der Waals surface area contributed by atoms with Crippen molar-refractivity contribution < 1.29 is 4.74 Å². The largest absolute Gasteiger partial charge is 0.494 e. The van der Waals surface area contributed by atoms with Crippen LogP contribution in [-0.2, 0) is 0 Å². The first kappa shape index (κ1) is 10.1. The molecular weight excluding hydrogens is 256 g/mol. The number of ether oxygens (including phenoxy) is 1. The van der Waals surface area contributed by atoms with Gasteiger partial charge in [-0.25, -0.2) is 4.98 Å². The normalized spacial score (nSPS) is 10.0. The average molecular weight is 265 g/mol. The van der Waals surface area contributed by atoms with Gasteiger partial charge in [0.2, 0.25) is 0 Å². The minimum atomic E-state index is 0.725. The highest BCUT2D eigenvalue weighted by molar-refractivity contribution is 9.10. The molecule has 3 nitrogen and oxygen atoms in total. The van der Waals surface area contributed by atoms with Gasteiger partial charge in [0, 0.05) is 6.20 Å². The molecular formula is C11H9BrN2O. The lowest BCUT2D eigenvalue weighted by Crippen LogP contribution is -1.92. The summed E-state index contributed by atoms with van der Waals surface area (Å²) in [7, 11) is 1.62. The Morgan fingerprint density at radius 2 is 2.07 bits per heavy atom. The molecule has 2 aromatic heterocycles. The van der Waals surface area contributed by atoms with Crippen LogP contribution in [0.5, 0.6) is 5.75 Å². The van der Waals surface area contributed by atoms with Crippen molar-refractivity contribution in [2.45, 2.75) is 0 Å².